The molecule has 0 saturated carbocycles. The highest BCUT2D eigenvalue weighted by atomic mass is 35.5. The topological polar surface area (TPSA) is 114 Å². The van der Waals surface area contributed by atoms with E-state index in [0.717, 1.165) is 0 Å². The first kappa shape index (κ1) is 20.3. The summed E-state index contributed by atoms with van der Waals surface area (Å²) in [4.78, 5) is 50.8. The summed E-state index contributed by atoms with van der Waals surface area (Å²) in [5.41, 5.74) is 2.05. The van der Waals surface area contributed by atoms with Gasteiger partial charge in [-0.05, 0) is 48.9 Å². The van der Waals surface area contributed by atoms with Crippen LogP contribution in [-0.2, 0) is 20.8 Å². The van der Waals surface area contributed by atoms with E-state index in [1.54, 1.807) is 43.3 Å². The Hall–Kier alpha value is -3.45. The third-order valence-electron chi connectivity index (χ3n) is 4.58. The first-order valence-electron chi connectivity index (χ1n) is 8.53. The molecule has 0 aliphatic heterocycles. The van der Waals surface area contributed by atoms with Gasteiger partial charge in [-0.15, -0.1) is 0 Å². The quantitative estimate of drug-likeness (QED) is 0.349. The molecule has 0 bridgehead atoms. The van der Waals surface area contributed by atoms with E-state index in [-0.39, 0.29) is 17.1 Å². The number of methoxy groups -OCH3 is 1. The number of hydrogen-bond acceptors (Lipinski definition) is 5. The summed E-state index contributed by atoms with van der Waals surface area (Å²) < 4.78 is 5.37. The molecule has 0 aliphatic rings. The molecule has 2 N–H and O–H groups in total. The van der Waals surface area contributed by atoms with Crippen LogP contribution in [0.3, 0.4) is 0 Å². The third-order valence-corrected chi connectivity index (χ3v) is 4.83. The van der Waals surface area contributed by atoms with E-state index >= 15 is 0 Å². The van der Waals surface area contributed by atoms with Crippen molar-refractivity contribution < 1.29 is 29.0 Å². The van der Waals surface area contributed by atoms with Crippen LogP contribution >= 0.6 is 11.6 Å². The molecule has 8 heteroatoms. The molecular weight excluding hydrogens is 398 g/mol. The van der Waals surface area contributed by atoms with E-state index < -0.39 is 24.0 Å². The molecule has 29 heavy (non-hydrogen) atoms. The van der Waals surface area contributed by atoms with Gasteiger partial charge in [0.2, 0.25) is 5.78 Å². The fraction of sp³-hybridized carbons (Fsp3) is 0.143. The molecule has 7 nitrogen and oxygen atoms in total. The molecule has 0 unspecified atom stereocenters. The zero-order chi connectivity index (χ0) is 21.3. The number of halogens is 1. The largest absolute Gasteiger partial charge is 0.496 e. The first-order chi connectivity index (χ1) is 13.7. The third kappa shape index (κ3) is 3.77. The second-order valence-corrected chi connectivity index (χ2v) is 6.80. The van der Waals surface area contributed by atoms with Gasteiger partial charge in [0.25, 0.3) is 0 Å². The summed E-state index contributed by atoms with van der Waals surface area (Å²) in [7, 11) is 1.41. The van der Waals surface area contributed by atoms with Crippen LogP contribution < -0.4 is 4.74 Å². The molecule has 2 aromatic carbocycles. The maximum atomic E-state index is 13.3. The van der Waals surface area contributed by atoms with E-state index in [9.17, 15) is 19.2 Å². The van der Waals surface area contributed by atoms with Gasteiger partial charge in [-0.1, -0.05) is 11.6 Å². The summed E-state index contributed by atoms with van der Waals surface area (Å²) in [6.07, 6.45) is -0.453. The van der Waals surface area contributed by atoms with Gasteiger partial charge < -0.3 is 14.8 Å². The van der Waals surface area contributed by atoms with Crippen LogP contribution in [0.5, 0.6) is 5.75 Å². The Balaban J connectivity index is 2.21. The minimum absolute atomic E-state index is 0.210. The summed E-state index contributed by atoms with van der Waals surface area (Å²) in [6.45, 7) is 1.68. The average Bonchev–Trinajstić information content (AvgIpc) is 3.01. The Morgan fingerprint density at radius 1 is 1.07 bits per heavy atom. The van der Waals surface area contributed by atoms with Gasteiger partial charge in [0.05, 0.1) is 12.7 Å². The van der Waals surface area contributed by atoms with Crippen LogP contribution in [0.15, 0.2) is 36.4 Å². The second-order valence-electron chi connectivity index (χ2n) is 6.36. The van der Waals surface area contributed by atoms with Crippen molar-refractivity contribution in [2.45, 2.75) is 13.3 Å². The van der Waals surface area contributed by atoms with Gasteiger partial charge >= 0.3 is 11.8 Å². The number of ketones is 3. The lowest BCUT2D eigenvalue weighted by Crippen LogP contribution is -2.25. The van der Waals surface area contributed by atoms with Crippen molar-refractivity contribution in [3.63, 3.8) is 0 Å². The number of aryl methyl sites for hydroxylation is 1. The number of Topliss-reactive ketones (excluding diaryl/α,β-unsaturated/α-hetero) is 2. The minimum Gasteiger partial charge on any atom is -0.496 e. The van der Waals surface area contributed by atoms with Crippen molar-refractivity contribution >= 4 is 45.8 Å². The van der Waals surface area contributed by atoms with Crippen LogP contribution in [0, 0.1) is 6.92 Å². The first-order valence-corrected chi connectivity index (χ1v) is 8.91. The summed E-state index contributed by atoms with van der Waals surface area (Å²) in [5, 5.41) is 9.68. The number of carbonyl (C=O) groups excluding carboxylic acids is 3. The number of hydrogen-bond donors (Lipinski definition) is 2. The van der Waals surface area contributed by atoms with Gasteiger partial charge in [0.1, 0.15) is 5.75 Å². The molecule has 0 amide bonds. The Morgan fingerprint density at radius 2 is 1.72 bits per heavy atom. The number of fused-ring (bicyclic) bond motifs is 1. The molecule has 3 rings (SSSR count). The highest BCUT2D eigenvalue weighted by Gasteiger charge is 2.27. The van der Waals surface area contributed by atoms with Crippen LogP contribution in [-0.4, -0.2) is 40.5 Å². The monoisotopic (exact) mass is 413 g/mol. The van der Waals surface area contributed by atoms with Gasteiger partial charge in [-0.25, -0.2) is 4.79 Å². The van der Waals surface area contributed by atoms with Crippen LogP contribution in [0.1, 0.15) is 27.2 Å². The number of aromatic nitrogens is 1. The van der Waals surface area contributed by atoms with Crippen molar-refractivity contribution in [2.24, 2.45) is 0 Å². The number of nitrogens with one attached hydrogen (secondary N) is 1. The van der Waals surface area contributed by atoms with Crippen LogP contribution in [0.25, 0.3) is 10.9 Å². The van der Waals surface area contributed by atoms with Gasteiger partial charge in [0.15, 0.2) is 5.78 Å². The lowest BCUT2D eigenvalue weighted by Gasteiger charge is -2.11. The second kappa shape index (κ2) is 7.89. The zero-order valence-electron chi connectivity index (χ0n) is 15.5. The van der Waals surface area contributed by atoms with Gasteiger partial charge in [0, 0.05) is 33.6 Å². The minimum atomic E-state index is -1.82. The standard InChI is InChI=1S/C21H16ClNO6/c1-10-13(9-15(24)20(26)21(27)28)17-14(23-10)7-8-16(29-2)18(17)19(25)11-3-5-12(22)6-4-11/h3-8,23H,9H2,1-2H3,(H,27,28). The molecule has 3 aromatic rings. The number of ether oxygens (including phenoxy) is 1. The van der Waals surface area contributed by atoms with Crippen LogP contribution in [0.4, 0.5) is 0 Å². The van der Waals surface area contributed by atoms with E-state index in [2.05, 4.69) is 4.98 Å². The number of carbonyl (C=O) groups is 4. The predicted octanol–water partition coefficient (Wildman–Crippen LogP) is 3.13. The molecule has 0 fully saturated rings. The fourth-order valence-electron chi connectivity index (χ4n) is 3.19. The van der Waals surface area contributed by atoms with E-state index in [1.807, 2.05) is 0 Å². The van der Waals surface area contributed by atoms with Crippen molar-refractivity contribution in [2.75, 3.05) is 7.11 Å². The molecule has 0 aliphatic carbocycles. The van der Waals surface area contributed by atoms with Gasteiger partial charge in [-0.2, -0.15) is 0 Å². The number of H-pyrrole nitrogens is 1. The molecule has 148 valence electrons. The number of rotatable bonds is 7. The molecule has 0 atom stereocenters. The number of carboxylic acid groups (broad SMARTS) is 1. The lowest BCUT2D eigenvalue weighted by atomic mass is 9.94. The van der Waals surface area contributed by atoms with Crippen molar-refractivity contribution in [3.8, 4) is 5.75 Å². The zero-order valence-corrected chi connectivity index (χ0v) is 16.3. The Bertz CT molecular complexity index is 1160. The normalized spacial score (nSPS) is 10.7. The SMILES string of the molecule is COc1ccc2[nH]c(C)c(CC(=O)C(=O)C(=O)O)c2c1C(=O)c1ccc(Cl)cc1. The molecular formula is C21H16ClNO6. The highest BCUT2D eigenvalue weighted by molar-refractivity contribution is 6.62. The summed E-state index contributed by atoms with van der Waals surface area (Å²) in [6, 6.07) is 9.62. The molecule has 0 spiro atoms. The Labute approximate surface area is 170 Å². The van der Waals surface area contributed by atoms with E-state index in [0.29, 0.717) is 32.7 Å². The average molecular weight is 414 g/mol. The maximum Gasteiger partial charge on any atom is 0.380 e. The molecule has 1 aromatic heterocycles. The number of benzene rings is 2. The fourth-order valence-corrected chi connectivity index (χ4v) is 3.31. The Kier molecular flexibility index (Phi) is 5.52. The van der Waals surface area contributed by atoms with Crippen molar-refractivity contribution in [1.82, 2.24) is 4.98 Å². The molecule has 0 saturated heterocycles. The number of aromatic amines is 1. The Morgan fingerprint density at radius 3 is 2.31 bits per heavy atom. The lowest BCUT2D eigenvalue weighted by molar-refractivity contribution is -0.152. The van der Waals surface area contributed by atoms with Gasteiger partial charge in [-0.3, -0.25) is 14.4 Å². The number of carboxylic acids is 1. The summed E-state index contributed by atoms with van der Waals surface area (Å²) in [5.74, 6) is -4.47. The smallest absolute Gasteiger partial charge is 0.380 e. The van der Waals surface area contributed by atoms with E-state index in [4.69, 9.17) is 21.4 Å². The molecule has 0 radical (unpaired) electrons. The van der Waals surface area contributed by atoms with E-state index in [1.165, 1.54) is 7.11 Å². The van der Waals surface area contributed by atoms with Crippen molar-refractivity contribution in [1.29, 1.82) is 0 Å². The maximum absolute atomic E-state index is 13.3. The predicted molar refractivity (Wildman–Crippen MR) is 106 cm³/mol. The highest BCUT2D eigenvalue weighted by Crippen LogP contribution is 2.34. The number of aliphatic carboxylic acids is 1. The van der Waals surface area contributed by atoms with Crippen molar-refractivity contribution in [3.05, 3.63) is 63.8 Å². The van der Waals surface area contributed by atoms with Crippen LogP contribution in [0.2, 0.25) is 5.02 Å². The molecule has 1 heterocycles. The summed E-state index contributed by atoms with van der Waals surface area (Å²) >= 11 is 5.90.